The van der Waals surface area contributed by atoms with Crippen molar-refractivity contribution in [2.45, 2.75) is 0 Å². The van der Waals surface area contributed by atoms with Crippen LogP contribution >= 0.6 is 31.9 Å². The lowest BCUT2D eigenvalue weighted by Gasteiger charge is -2.18. The third-order valence-corrected chi connectivity index (χ3v) is 2.71. The van der Waals surface area contributed by atoms with Crippen molar-refractivity contribution in [3.63, 3.8) is 0 Å². The monoisotopic (exact) mass is 301 g/mol. The molecule has 6 heteroatoms. The summed E-state index contributed by atoms with van der Waals surface area (Å²) in [4.78, 5) is 0. The van der Waals surface area contributed by atoms with Crippen LogP contribution in [0.3, 0.4) is 0 Å². The fraction of sp³-hybridized carbons (Fsp3) is 0. The van der Waals surface area contributed by atoms with Gasteiger partial charge < -0.3 is 12.9 Å². The number of hydrogen-bond acceptors (Lipinski definition) is 0. The Kier molecular flexibility index (Phi) is 2.88. The van der Waals surface area contributed by atoms with Crippen LogP contribution in [0.25, 0.3) is 0 Å². The van der Waals surface area contributed by atoms with Crippen LogP contribution in [0.1, 0.15) is 0 Å². The van der Waals surface area contributed by atoms with Crippen LogP contribution in [-0.2, 0) is 0 Å². The first-order valence-corrected chi connectivity index (χ1v) is 4.65. The van der Waals surface area contributed by atoms with Crippen molar-refractivity contribution >= 4 is 44.3 Å². The summed E-state index contributed by atoms with van der Waals surface area (Å²) >= 11 is 5.70. The van der Waals surface area contributed by atoms with Crippen LogP contribution in [0.2, 0.25) is 0 Å². The molecule has 0 atom stereocenters. The fourth-order valence-electron chi connectivity index (χ4n) is 0.823. The van der Waals surface area contributed by atoms with Crippen molar-refractivity contribution in [3.8, 4) is 0 Å². The Morgan fingerprint density at radius 3 is 1.67 bits per heavy atom. The zero-order chi connectivity index (χ0) is 9.35. The van der Waals surface area contributed by atoms with Gasteiger partial charge in [-0.15, -0.1) is 0 Å². The number of hydrogen-bond donors (Lipinski definition) is 0. The molecule has 0 spiro atoms. The van der Waals surface area contributed by atoms with Crippen molar-refractivity contribution in [1.29, 1.82) is 0 Å². The van der Waals surface area contributed by atoms with Gasteiger partial charge in [0.05, 0.1) is 0 Å². The first-order chi connectivity index (χ1) is 5.43. The Balaban J connectivity index is 3.31. The van der Waals surface area contributed by atoms with E-state index in [4.69, 9.17) is 0 Å². The Hall–Kier alpha value is 0.0349. The van der Waals surface area contributed by atoms with Crippen LogP contribution in [0.15, 0.2) is 27.1 Å². The minimum absolute atomic E-state index is 0.0735. The van der Waals surface area contributed by atoms with Crippen molar-refractivity contribution in [2.24, 2.45) is 0 Å². The molecule has 0 saturated heterocycles. The normalized spacial score (nSPS) is 11.8. The van der Waals surface area contributed by atoms with E-state index in [1.165, 1.54) is 12.1 Å². The molecule has 1 aromatic rings. The molecule has 0 aliphatic heterocycles. The van der Waals surface area contributed by atoms with Crippen LogP contribution in [0.4, 0.5) is 12.9 Å². The van der Waals surface area contributed by atoms with Gasteiger partial charge >= 0.3 is 6.98 Å². The predicted molar refractivity (Wildman–Crippen MR) is 50.6 cm³/mol. The molecule has 0 unspecified atom stereocenters. The minimum Gasteiger partial charge on any atom is -0.445 e. The molecule has 0 bridgehead atoms. The Bertz CT molecular complexity index is 277. The highest BCUT2D eigenvalue weighted by Crippen LogP contribution is 2.22. The van der Waals surface area contributed by atoms with Gasteiger partial charge in [-0.3, -0.25) is 0 Å². The highest BCUT2D eigenvalue weighted by Gasteiger charge is 2.29. The highest BCUT2D eigenvalue weighted by molar-refractivity contribution is 9.11. The molecule has 0 aliphatic carbocycles. The van der Waals surface area contributed by atoms with Gasteiger partial charge in [-0.25, -0.2) is 0 Å². The van der Waals surface area contributed by atoms with Crippen molar-refractivity contribution in [2.75, 3.05) is 0 Å². The number of benzene rings is 1. The number of rotatable bonds is 1. The molecule has 0 amide bonds. The molecule has 0 saturated carbocycles. The predicted octanol–water partition coefficient (Wildman–Crippen LogP) is 3.27. The average molecular weight is 303 g/mol. The molecule has 0 N–H and O–H groups in total. The summed E-state index contributed by atoms with van der Waals surface area (Å²) in [5.41, 5.74) is -0.613. The molecule has 0 aliphatic rings. The SMILES string of the molecule is F[B-](F)(F)c1c(Br)cccc1Br. The Labute approximate surface area is 84.5 Å². The first-order valence-electron chi connectivity index (χ1n) is 3.07. The summed E-state index contributed by atoms with van der Waals surface area (Å²) in [5.74, 6) is 0. The lowest BCUT2D eigenvalue weighted by molar-refractivity contribution is 0.500. The fourth-order valence-corrected chi connectivity index (χ4v) is 2.34. The number of halogens is 5. The van der Waals surface area contributed by atoms with Crippen molar-refractivity contribution < 1.29 is 12.9 Å². The zero-order valence-corrected chi connectivity index (χ0v) is 8.87. The van der Waals surface area contributed by atoms with Crippen molar-refractivity contribution in [3.05, 3.63) is 27.1 Å². The highest BCUT2D eigenvalue weighted by atomic mass is 79.9. The Morgan fingerprint density at radius 1 is 1.00 bits per heavy atom. The van der Waals surface area contributed by atoms with Gasteiger partial charge in [-0.1, -0.05) is 55.5 Å². The topological polar surface area (TPSA) is 0 Å². The molecule has 66 valence electrons. The molecule has 0 radical (unpaired) electrons. The quantitative estimate of drug-likeness (QED) is 0.699. The van der Waals surface area contributed by atoms with E-state index in [-0.39, 0.29) is 8.95 Å². The van der Waals surface area contributed by atoms with Crippen LogP contribution in [-0.4, -0.2) is 6.98 Å². The maximum absolute atomic E-state index is 12.3. The summed E-state index contributed by atoms with van der Waals surface area (Å²) in [6.45, 7) is -4.95. The van der Waals surface area contributed by atoms with Gasteiger partial charge in [0, 0.05) is 0 Å². The lowest BCUT2D eigenvalue weighted by Crippen LogP contribution is -2.36. The van der Waals surface area contributed by atoms with E-state index in [2.05, 4.69) is 31.9 Å². The van der Waals surface area contributed by atoms with E-state index in [1.54, 1.807) is 6.07 Å². The Morgan fingerprint density at radius 2 is 1.42 bits per heavy atom. The minimum atomic E-state index is -4.95. The molecule has 0 heterocycles. The van der Waals surface area contributed by atoms with Gasteiger partial charge in [0.1, 0.15) is 0 Å². The molecule has 1 aromatic carbocycles. The van der Waals surface area contributed by atoms with Crippen LogP contribution in [0.5, 0.6) is 0 Å². The molecule has 0 fully saturated rings. The first kappa shape index (κ1) is 10.1. The van der Waals surface area contributed by atoms with E-state index in [0.717, 1.165) is 0 Å². The van der Waals surface area contributed by atoms with E-state index in [1.807, 2.05) is 0 Å². The second-order valence-corrected chi connectivity index (χ2v) is 3.92. The second-order valence-electron chi connectivity index (χ2n) is 2.21. The maximum Gasteiger partial charge on any atom is 0.511 e. The largest absolute Gasteiger partial charge is 0.511 e. The van der Waals surface area contributed by atoms with Crippen LogP contribution < -0.4 is 5.46 Å². The molecule has 0 aromatic heterocycles. The molecule has 12 heavy (non-hydrogen) atoms. The van der Waals surface area contributed by atoms with Gasteiger partial charge in [0.15, 0.2) is 0 Å². The van der Waals surface area contributed by atoms with Gasteiger partial charge in [0.25, 0.3) is 0 Å². The standard InChI is InChI=1S/C6H3BBr2F3/c8-4-2-1-3-5(9)6(4)7(10,11)12/h1-3H/q-1. The van der Waals surface area contributed by atoms with E-state index in [9.17, 15) is 12.9 Å². The third kappa shape index (κ3) is 2.04. The average Bonchev–Trinajstić information content (AvgIpc) is 1.82. The molecule has 1 rings (SSSR count). The zero-order valence-electron chi connectivity index (χ0n) is 5.70. The molecule has 0 nitrogen and oxygen atoms in total. The van der Waals surface area contributed by atoms with E-state index in [0.29, 0.717) is 0 Å². The summed E-state index contributed by atoms with van der Waals surface area (Å²) in [6.07, 6.45) is 0. The summed E-state index contributed by atoms with van der Waals surface area (Å²) in [7, 11) is 0. The van der Waals surface area contributed by atoms with E-state index >= 15 is 0 Å². The summed E-state index contributed by atoms with van der Waals surface area (Å²) < 4.78 is 37.1. The van der Waals surface area contributed by atoms with Crippen molar-refractivity contribution in [1.82, 2.24) is 0 Å². The summed E-state index contributed by atoms with van der Waals surface area (Å²) in [5, 5.41) is 0. The van der Waals surface area contributed by atoms with Gasteiger partial charge in [0.2, 0.25) is 0 Å². The van der Waals surface area contributed by atoms with E-state index < -0.39 is 12.4 Å². The van der Waals surface area contributed by atoms with Gasteiger partial charge in [-0.2, -0.15) is 0 Å². The third-order valence-electron chi connectivity index (χ3n) is 1.33. The second kappa shape index (κ2) is 3.42. The summed E-state index contributed by atoms with van der Waals surface area (Å²) in [6, 6.07) is 4.28. The molecular weight excluding hydrogens is 300 g/mol. The smallest absolute Gasteiger partial charge is 0.445 e. The lowest BCUT2D eigenvalue weighted by atomic mass is 9.80. The maximum atomic E-state index is 12.3. The van der Waals surface area contributed by atoms with Crippen LogP contribution in [0, 0.1) is 0 Å². The molecular formula is C6H3BBr2F3-. The van der Waals surface area contributed by atoms with Gasteiger partial charge in [-0.05, 0) is 8.95 Å².